The number of nitriles is 1. The molecule has 0 aromatic carbocycles. The number of rotatable bonds is 0. The van der Waals surface area contributed by atoms with Crippen molar-refractivity contribution >= 4 is 0 Å². The second-order valence-electron chi connectivity index (χ2n) is 2.74. The third-order valence-corrected chi connectivity index (χ3v) is 2.08. The van der Waals surface area contributed by atoms with Gasteiger partial charge in [-0.3, -0.25) is 0 Å². The molecule has 52 valence electrons. The summed E-state index contributed by atoms with van der Waals surface area (Å²) in [5, 5.41) is 8.65. The van der Waals surface area contributed by atoms with Crippen molar-refractivity contribution in [3.8, 4) is 6.07 Å². The molecule has 0 spiro atoms. The van der Waals surface area contributed by atoms with E-state index in [0.717, 1.165) is 0 Å². The summed E-state index contributed by atoms with van der Waals surface area (Å²) in [6, 6.07) is 2.26. The second kappa shape index (κ2) is 2.70. The minimum Gasteiger partial charge on any atom is -0.198 e. The molecule has 1 nitrogen and oxygen atoms in total. The molecule has 0 radical (unpaired) electrons. The van der Waals surface area contributed by atoms with E-state index in [4.69, 9.17) is 5.26 Å². The molecule has 1 heteroatoms. The Kier molecular flexibility index (Phi) is 1.91. The van der Waals surface area contributed by atoms with E-state index in [1.54, 1.807) is 0 Å². The first-order chi connectivity index (χ1) is 4.75. The summed E-state index contributed by atoms with van der Waals surface area (Å²) < 4.78 is 0. The molecule has 0 saturated carbocycles. The van der Waals surface area contributed by atoms with Crippen LogP contribution >= 0.6 is 0 Å². The summed E-state index contributed by atoms with van der Waals surface area (Å²) in [6.07, 6.45) is 5.99. The van der Waals surface area contributed by atoms with E-state index in [1.807, 2.05) is 12.2 Å². The van der Waals surface area contributed by atoms with Gasteiger partial charge in [-0.25, -0.2) is 0 Å². The molecule has 0 bridgehead atoms. The monoisotopic (exact) mass is 133 g/mol. The van der Waals surface area contributed by atoms with E-state index in [9.17, 15) is 0 Å². The van der Waals surface area contributed by atoms with Gasteiger partial charge in [-0.15, -0.1) is 0 Å². The van der Waals surface area contributed by atoms with Crippen LogP contribution in [0, 0.1) is 23.2 Å². The molecule has 0 amide bonds. The first-order valence-electron chi connectivity index (χ1n) is 3.50. The van der Waals surface area contributed by atoms with Crippen LogP contribution in [-0.4, -0.2) is 0 Å². The fourth-order valence-corrected chi connectivity index (χ4v) is 1.08. The smallest absolute Gasteiger partial charge is 0.0709 e. The maximum Gasteiger partial charge on any atom is 0.0709 e. The maximum absolute atomic E-state index is 8.65. The van der Waals surface area contributed by atoms with Gasteiger partial charge in [0, 0.05) is 0 Å². The molecule has 0 saturated heterocycles. The van der Waals surface area contributed by atoms with Gasteiger partial charge in [0.15, 0.2) is 0 Å². The van der Waals surface area contributed by atoms with E-state index >= 15 is 0 Å². The predicted molar refractivity (Wildman–Crippen MR) is 41.2 cm³/mol. The lowest BCUT2D eigenvalue weighted by molar-refractivity contribution is 0.581. The van der Waals surface area contributed by atoms with Crippen molar-refractivity contribution < 1.29 is 0 Å². The first kappa shape index (κ1) is 7.08. The molecule has 2 atom stereocenters. The van der Waals surface area contributed by atoms with Gasteiger partial charge in [-0.2, -0.15) is 5.26 Å². The van der Waals surface area contributed by atoms with Crippen LogP contribution in [0.15, 0.2) is 23.8 Å². The van der Waals surface area contributed by atoms with E-state index < -0.39 is 0 Å². The summed E-state index contributed by atoms with van der Waals surface area (Å²) in [5.74, 6) is 0.486. The number of nitrogens with zero attached hydrogens (tertiary/aromatic N) is 1. The van der Waals surface area contributed by atoms with Crippen LogP contribution in [0.1, 0.15) is 13.8 Å². The lowest BCUT2D eigenvalue weighted by atomic mass is 9.85. The van der Waals surface area contributed by atoms with Crippen LogP contribution in [0.2, 0.25) is 0 Å². The van der Waals surface area contributed by atoms with Crippen molar-refractivity contribution in [2.45, 2.75) is 13.8 Å². The molecule has 0 heterocycles. The topological polar surface area (TPSA) is 23.8 Å². The Balaban J connectivity index is 2.80. The molecule has 0 fully saturated rings. The molecule has 0 aliphatic heterocycles. The van der Waals surface area contributed by atoms with Gasteiger partial charge in [0.2, 0.25) is 0 Å². The summed E-state index contributed by atoms with van der Waals surface area (Å²) in [4.78, 5) is 0. The van der Waals surface area contributed by atoms with Crippen LogP contribution in [0.5, 0.6) is 0 Å². The van der Waals surface area contributed by atoms with Gasteiger partial charge in [0.05, 0.1) is 12.0 Å². The summed E-state index contributed by atoms with van der Waals surface area (Å²) in [6.45, 7) is 4.15. The Hall–Kier alpha value is -1.03. The fourth-order valence-electron chi connectivity index (χ4n) is 1.08. The Morgan fingerprint density at radius 3 is 2.80 bits per heavy atom. The predicted octanol–water partition coefficient (Wildman–Crippen LogP) is 2.28. The fraction of sp³-hybridized carbons (Fsp3) is 0.444. The quantitative estimate of drug-likeness (QED) is 0.497. The van der Waals surface area contributed by atoms with Crippen LogP contribution in [0.3, 0.4) is 0 Å². The van der Waals surface area contributed by atoms with Crippen molar-refractivity contribution in [3.05, 3.63) is 23.8 Å². The lowest BCUT2D eigenvalue weighted by Gasteiger charge is -2.17. The third kappa shape index (κ3) is 1.11. The highest BCUT2D eigenvalue weighted by molar-refractivity contribution is 5.24. The van der Waals surface area contributed by atoms with E-state index in [-0.39, 0.29) is 5.92 Å². The van der Waals surface area contributed by atoms with Crippen LogP contribution < -0.4 is 0 Å². The molecule has 1 aliphatic rings. The molecule has 2 unspecified atom stereocenters. The van der Waals surface area contributed by atoms with Gasteiger partial charge in [-0.1, -0.05) is 30.7 Å². The molecule has 0 aromatic rings. The Labute approximate surface area is 61.7 Å². The largest absolute Gasteiger partial charge is 0.198 e. The standard InChI is InChI=1S/C9H11N/c1-7-4-3-5-9(6-10)8(7)2/h3-5,8-9H,1-2H3. The average Bonchev–Trinajstić information content (AvgIpc) is 1.95. The minimum atomic E-state index is 0.0880. The van der Waals surface area contributed by atoms with Crippen LogP contribution in [0.4, 0.5) is 0 Å². The molecule has 1 rings (SSSR count). The molecule has 1 aliphatic carbocycles. The molecular formula is C9H11N. The highest BCUT2D eigenvalue weighted by atomic mass is 14.3. The molecule has 0 N–H and O–H groups in total. The first-order valence-corrected chi connectivity index (χ1v) is 3.50. The summed E-state index contributed by atoms with van der Waals surface area (Å²) in [7, 11) is 0. The molecule has 10 heavy (non-hydrogen) atoms. The normalized spacial score (nSPS) is 31.1. The molecular weight excluding hydrogens is 122 g/mol. The van der Waals surface area contributed by atoms with E-state index in [1.165, 1.54) is 5.57 Å². The summed E-state index contributed by atoms with van der Waals surface area (Å²) >= 11 is 0. The highest BCUT2D eigenvalue weighted by Gasteiger charge is 2.16. The van der Waals surface area contributed by atoms with Crippen molar-refractivity contribution in [1.29, 1.82) is 5.26 Å². The minimum absolute atomic E-state index is 0.0880. The average molecular weight is 133 g/mol. The number of allylic oxidation sites excluding steroid dienone is 4. The Morgan fingerprint density at radius 1 is 1.60 bits per heavy atom. The van der Waals surface area contributed by atoms with Crippen molar-refractivity contribution in [2.75, 3.05) is 0 Å². The van der Waals surface area contributed by atoms with Crippen LogP contribution in [-0.2, 0) is 0 Å². The lowest BCUT2D eigenvalue weighted by Crippen LogP contribution is -2.10. The van der Waals surface area contributed by atoms with Crippen molar-refractivity contribution in [3.63, 3.8) is 0 Å². The van der Waals surface area contributed by atoms with Gasteiger partial charge >= 0.3 is 0 Å². The van der Waals surface area contributed by atoms with E-state index in [0.29, 0.717) is 5.92 Å². The van der Waals surface area contributed by atoms with Gasteiger partial charge in [0.1, 0.15) is 0 Å². The zero-order valence-electron chi connectivity index (χ0n) is 6.33. The van der Waals surface area contributed by atoms with E-state index in [2.05, 4.69) is 26.0 Å². The summed E-state index contributed by atoms with van der Waals surface area (Å²) in [5.41, 5.74) is 1.30. The third-order valence-electron chi connectivity index (χ3n) is 2.08. The maximum atomic E-state index is 8.65. The SMILES string of the molecule is CC1=CC=CC(C#N)C1C. The van der Waals surface area contributed by atoms with Gasteiger partial charge in [0.25, 0.3) is 0 Å². The Bertz CT molecular complexity index is 217. The van der Waals surface area contributed by atoms with Crippen LogP contribution in [0.25, 0.3) is 0 Å². The van der Waals surface area contributed by atoms with Gasteiger partial charge in [-0.05, 0) is 12.8 Å². The number of hydrogen-bond acceptors (Lipinski definition) is 1. The molecule has 0 aromatic heterocycles. The Morgan fingerprint density at radius 2 is 2.30 bits per heavy atom. The number of hydrogen-bond donors (Lipinski definition) is 0. The zero-order valence-corrected chi connectivity index (χ0v) is 6.33. The van der Waals surface area contributed by atoms with Crippen molar-refractivity contribution in [2.24, 2.45) is 11.8 Å². The van der Waals surface area contributed by atoms with Gasteiger partial charge < -0.3 is 0 Å². The van der Waals surface area contributed by atoms with Crippen molar-refractivity contribution in [1.82, 2.24) is 0 Å². The highest BCUT2D eigenvalue weighted by Crippen LogP contribution is 2.24. The zero-order chi connectivity index (χ0) is 7.56. The second-order valence-corrected chi connectivity index (χ2v) is 2.74.